The first kappa shape index (κ1) is 13.0. The average Bonchev–Trinajstić information content (AvgIpc) is 2.74. The van der Waals surface area contributed by atoms with Crippen LogP contribution in [0.1, 0.15) is 18.1 Å². The molecule has 0 aliphatic heterocycles. The van der Waals surface area contributed by atoms with E-state index in [-0.39, 0.29) is 0 Å². The van der Waals surface area contributed by atoms with Gasteiger partial charge < -0.3 is 5.32 Å². The van der Waals surface area contributed by atoms with Gasteiger partial charge in [0.2, 0.25) is 5.16 Å². The van der Waals surface area contributed by atoms with Gasteiger partial charge in [-0.15, -0.1) is 5.10 Å². The summed E-state index contributed by atoms with van der Waals surface area (Å²) < 4.78 is 1.67. The molecule has 2 rings (SSSR count). The van der Waals surface area contributed by atoms with Crippen LogP contribution >= 0.6 is 11.8 Å². The van der Waals surface area contributed by atoms with Crippen LogP contribution in [-0.2, 0) is 13.6 Å². The molecule has 5 nitrogen and oxygen atoms in total. The van der Waals surface area contributed by atoms with Gasteiger partial charge in [0.25, 0.3) is 0 Å². The van der Waals surface area contributed by atoms with Crippen LogP contribution in [0.25, 0.3) is 0 Å². The SMILES string of the molecule is CCNCc1ccc(Sc2nnnn2C)cc1C. The minimum absolute atomic E-state index is 0.800. The van der Waals surface area contributed by atoms with Crippen LogP contribution < -0.4 is 5.32 Å². The molecule has 1 heterocycles. The highest BCUT2D eigenvalue weighted by atomic mass is 32.2. The Labute approximate surface area is 111 Å². The van der Waals surface area contributed by atoms with Gasteiger partial charge in [-0.3, -0.25) is 0 Å². The number of tetrazole rings is 1. The quantitative estimate of drug-likeness (QED) is 0.891. The van der Waals surface area contributed by atoms with Crippen molar-refractivity contribution in [3.8, 4) is 0 Å². The molecule has 1 aromatic heterocycles. The van der Waals surface area contributed by atoms with Crippen molar-refractivity contribution in [1.82, 2.24) is 25.5 Å². The number of aryl methyl sites for hydroxylation is 2. The van der Waals surface area contributed by atoms with Gasteiger partial charge in [-0.1, -0.05) is 13.0 Å². The molecule has 0 saturated heterocycles. The van der Waals surface area contributed by atoms with Crippen LogP contribution in [0.2, 0.25) is 0 Å². The molecule has 18 heavy (non-hydrogen) atoms. The smallest absolute Gasteiger partial charge is 0.213 e. The highest BCUT2D eigenvalue weighted by molar-refractivity contribution is 7.99. The Balaban J connectivity index is 2.11. The molecular weight excluding hydrogens is 246 g/mol. The molecule has 0 fully saturated rings. The third-order valence-electron chi connectivity index (χ3n) is 2.67. The lowest BCUT2D eigenvalue weighted by atomic mass is 10.1. The van der Waals surface area contributed by atoms with Crippen molar-refractivity contribution in [3.05, 3.63) is 29.3 Å². The van der Waals surface area contributed by atoms with Crippen molar-refractivity contribution >= 4 is 11.8 Å². The molecule has 0 aliphatic carbocycles. The normalized spacial score (nSPS) is 10.8. The molecule has 1 N–H and O–H groups in total. The van der Waals surface area contributed by atoms with Crippen molar-refractivity contribution in [2.24, 2.45) is 7.05 Å². The van der Waals surface area contributed by atoms with Gasteiger partial charge in [0, 0.05) is 18.5 Å². The zero-order valence-corrected chi connectivity index (χ0v) is 11.7. The molecule has 0 bridgehead atoms. The molecule has 0 saturated carbocycles. The Hall–Kier alpha value is -1.40. The lowest BCUT2D eigenvalue weighted by Gasteiger charge is -2.08. The maximum atomic E-state index is 3.97. The number of hydrogen-bond acceptors (Lipinski definition) is 5. The maximum absolute atomic E-state index is 3.97. The number of nitrogens with one attached hydrogen (secondary N) is 1. The average molecular weight is 263 g/mol. The second kappa shape index (κ2) is 5.97. The number of aromatic nitrogens is 4. The zero-order chi connectivity index (χ0) is 13.0. The van der Waals surface area contributed by atoms with Crippen LogP contribution in [0.3, 0.4) is 0 Å². The van der Waals surface area contributed by atoms with Gasteiger partial charge >= 0.3 is 0 Å². The molecule has 0 radical (unpaired) electrons. The lowest BCUT2D eigenvalue weighted by Crippen LogP contribution is -2.12. The predicted octanol–water partition coefficient (Wildman–Crippen LogP) is 1.78. The van der Waals surface area contributed by atoms with Crippen LogP contribution in [0.15, 0.2) is 28.3 Å². The summed E-state index contributed by atoms with van der Waals surface area (Å²) in [5.74, 6) is 0. The summed E-state index contributed by atoms with van der Waals surface area (Å²) in [5, 5.41) is 15.5. The maximum Gasteiger partial charge on any atom is 0.213 e. The summed E-state index contributed by atoms with van der Waals surface area (Å²) in [4.78, 5) is 1.16. The third kappa shape index (κ3) is 3.08. The monoisotopic (exact) mass is 263 g/mol. The Kier molecular flexibility index (Phi) is 4.33. The predicted molar refractivity (Wildman–Crippen MR) is 71.5 cm³/mol. The van der Waals surface area contributed by atoms with E-state index in [2.05, 4.69) is 52.9 Å². The van der Waals surface area contributed by atoms with Gasteiger partial charge in [-0.2, -0.15) is 0 Å². The minimum atomic E-state index is 0.800. The van der Waals surface area contributed by atoms with Crippen LogP contribution in [-0.4, -0.2) is 26.8 Å². The van der Waals surface area contributed by atoms with Crippen molar-refractivity contribution in [3.63, 3.8) is 0 Å². The van der Waals surface area contributed by atoms with Crippen molar-refractivity contribution < 1.29 is 0 Å². The van der Waals surface area contributed by atoms with E-state index in [0.717, 1.165) is 23.1 Å². The van der Waals surface area contributed by atoms with Gasteiger partial charge in [0.1, 0.15) is 0 Å². The molecule has 6 heteroatoms. The van der Waals surface area contributed by atoms with E-state index in [1.807, 2.05) is 7.05 Å². The van der Waals surface area contributed by atoms with Gasteiger partial charge in [0.05, 0.1) is 0 Å². The second-order valence-corrected chi connectivity index (χ2v) is 5.10. The van der Waals surface area contributed by atoms with E-state index in [9.17, 15) is 0 Å². The molecule has 2 aromatic rings. The fraction of sp³-hybridized carbons (Fsp3) is 0.417. The van der Waals surface area contributed by atoms with E-state index in [4.69, 9.17) is 0 Å². The van der Waals surface area contributed by atoms with Gasteiger partial charge in [0.15, 0.2) is 0 Å². The highest BCUT2D eigenvalue weighted by Gasteiger charge is 2.06. The Morgan fingerprint density at radius 3 is 2.83 bits per heavy atom. The summed E-state index contributed by atoms with van der Waals surface area (Å²) in [6, 6.07) is 6.44. The number of rotatable bonds is 5. The van der Waals surface area contributed by atoms with Gasteiger partial charge in [-0.05, 0) is 58.9 Å². The molecule has 1 aromatic carbocycles. The first-order chi connectivity index (χ1) is 8.70. The fourth-order valence-electron chi connectivity index (χ4n) is 1.60. The molecule has 0 amide bonds. The number of nitrogens with zero attached hydrogens (tertiary/aromatic N) is 4. The number of hydrogen-bond donors (Lipinski definition) is 1. The highest BCUT2D eigenvalue weighted by Crippen LogP contribution is 2.26. The topological polar surface area (TPSA) is 55.6 Å². The molecular formula is C12H17N5S. The van der Waals surface area contributed by atoms with E-state index in [1.54, 1.807) is 16.4 Å². The largest absolute Gasteiger partial charge is 0.313 e. The summed E-state index contributed by atoms with van der Waals surface area (Å²) in [7, 11) is 1.84. The standard InChI is InChI=1S/C12H17N5S/c1-4-13-8-10-5-6-11(7-9(10)2)18-12-14-15-16-17(12)3/h5-7,13H,4,8H2,1-3H3. The summed E-state index contributed by atoms with van der Waals surface area (Å²) in [6.07, 6.45) is 0. The first-order valence-electron chi connectivity index (χ1n) is 5.91. The second-order valence-electron chi connectivity index (χ2n) is 4.06. The molecule has 0 atom stereocenters. The Bertz CT molecular complexity index is 523. The van der Waals surface area contributed by atoms with E-state index < -0.39 is 0 Å². The molecule has 0 spiro atoms. The first-order valence-corrected chi connectivity index (χ1v) is 6.72. The van der Waals surface area contributed by atoms with E-state index >= 15 is 0 Å². The third-order valence-corrected chi connectivity index (χ3v) is 3.69. The molecule has 96 valence electrons. The van der Waals surface area contributed by atoms with Crippen LogP contribution in [0.4, 0.5) is 0 Å². The number of benzene rings is 1. The van der Waals surface area contributed by atoms with Crippen molar-refractivity contribution in [1.29, 1.82) is 0 Å². The van der Waals surface area contributed by atoms with Gasteiger partial charge in [-0.25, -0.2) is 4.68 Å². The summed E-state index contributed by atoms with van der Waals surface area (Å²) >= 11 is 1.57. The van der Waals surface area contributed by atoms with E-state index in [0.29, 0.717) is 0 Å². The Morgan fingerprint density at radius 2 is 2.22 bits per heavy atom. The molecule has 0 aliphatic rings. The van der Waals surface area contributed by atoms with Crippen LogP contribution in [0, 0.1) is 6.92 Å². The lowest BCUT2D eigenvalue weighted by molar-refractivity contribution is 0.664. The fourth-order valence-corrected chi connectivity index (χ4v) is 2.43. The summed E-state index contributed by atoms with van der Waals surface area (Å²) in [6.45, 7) is 6.14. The van der Waals surface area contributed by atoms with Crippen molar-refractivity contribution in [2.75, 3.05) is 6.54 Å². The van der Waals surface area contributed by atoms with Crippen LogP contribution in [0.5, 0.6) is 0 Å². The minimum Gasteiger partial charge on any atom is -0.313 e. The Morgan fingerprint density at radius 1 is 1.39 bits per heavy atom. The zero-order valence-electron chi connectivity index (χ0n) is 10.8. The van der Waals surface area contributed by atoms with Crippen molar-refractivity contribution in [2.45, 2.75) is 30.4 Å². The summed E-state index contributed by atoms with van der Waals surface area (Å²) in [5.41, 5.74) is 2.62. The van der Waals surface area contributed by atoms with E-state index in [1.165, 1.54) is 11.1 Å². The molecule has 0 unspecified atom stereocenters.